The van der Waals surface area contributed by atoms with Crippen LogP contribution in [-0.4, -0.2) is 25.0 Å². The number of nitrogens with one attached hydrogen (secondary N) is 1. The van der Waals surface area contributed by atoms with Crippen LogP contribution in [0.2, 0.25) is 0 Å². The average molecular weight is 363 g/mol. The smallest absolute Gasteiger partial charge is 0.229 e. The lowest BCUT2D eigenvalue weighted by molar-refractivity contribution is -0.122. The maximum atomic E-state index is 12.6. The van der Waals surface area contributed by atoms with Gasteiger partial charge in [0, 0.05) is 18.7 Å². The van der Waals surface area contributed by atoms with Gasteiger partial charge in [-0.15, -0.1) is 0 Å². The second kappa shape index (κ2) is 8.37. The molecule has 1 aliphatic heterocycles. The molecule has 0 spiro atoms. The maximum Gasteiger partial charge on any atom is 0.229 e. The monoisotopic (exact) mass is 363 g/mol. The van der Waals surface area contributed by atoms with Gasteiger partial charge in [0.25, 0.3) is 0 Å². The lowest BCUT2D eigenvalue weighted by Crippen LogP contribution is -2.28. The van der Waals surface area contributed by atoms with Crippen molar-refractivity contribution < 1.29 is 14.3 Å². The first-order chi connectivity index (χ1) is 13.1. The van der Waals surface area contributed by atoms with E-state index in [2.05, 4.69) is 11.4 Å². The number of benzene rings is 2. The highest BCUT2D eigenvalue weighted by molar-refractivity contribution is 6.04. The molecule has 6 heteroatoms. The molecule has 27 heavy (non-hydrogen) atoms. The summed E-state index contributed by atoms with van der Waals surface area (Å²) in [5, 5.41) is 11.6. The molecular formula is C21H21N3O3. The Hall–Kier alpha value is -3.33. The van der Waals surface area contributed by atoms with Gasteiger partial charge in [-0.25, -0.2) is 0 Å². The quantitative estimate of drug-likeness (QED) is 0.855. The van der Waals surface area contributed by atoms with E-state index in [1.807, 2.05) is 43.3 Å². The largest absolute Gasteiger partial charge is 0.492 e. The van der Waals surface area contributed by atoms with Crippen molar-refractivity contribution in [1.82, 2.24) is 0 Å². The van der Waals surface area contributed by atoms with Crippen LogP contribution in [0.5, 0.6) is 5.75 Å². The van der Waals surface area contributed by atoms with Crippen LogP contribution in [0.25, 0.3) is 0 Å². The van der Waals surface area contributed by atoms with E-state index < -0.39 is 5.92 Å². The molecule has 0 radical (unpaired) electrons. The summed E-state index contributed by atoms with van der Waals surface area (Å²) in [7, 11) is 0. The number of anilines is 2. The number of para-hydroxylation sites is 2. The van der Waals surface area contributed by atoms with Crippen LogP contribution in [0.1, 0.15) is 18.9 Å². The van der Waals surface area contributed by atoms with Crippen molar-refractivity contribution in [3.8, 4) is 11.8 Å². The van der Waals surface area contributed by atoms with Gasteiger partial charge in [0.05, 0.1) is 30.7 Å². The Morgan fingerprint density at radius 3 is 2.70 bits per heavy atom. The second-order valence-electron chi connectivity index (χ2n) is 6.33. The van der Waals surface area contributed by atoms with E-state index in [1.165, 1.54) is 0 Å². The van der Waals surface area contributed by atoms with Gasteiger partial charge in [0.2, 0.25) is 11.8 Å². The molecule has 1 heterocycles. The van der Waals surface area contributed by atoms with Crippen molar-refractivity contribution in [3.63, 3.8) is 0 Å². The number of carbonyl (C=O) groups is 2. The van der Waals surface area contributed by atoms with Crippen LogP contribution in [0.3, 0.4) is 0 Å². The fraction of sp³-hybridized carbons (Fsp3) is 0.286. The molecule has 0 aliphatic carbocycles. The number of rotatable bonds is 6. The van der Waals surface area contributed by atoms with Gasteiger partial charge in [0.1, 0.15) is 5.75 Å². The van der Waals surface area contributed by atoms with Crippen molar-refractivity contribution in [2.45, 2.75) is 19.8 Å². The van der Waals surface area contributed by atoms with Gasteiger partial charge in [-0.05, 0) is 36.8 Å². The van der Waals surface area contributed by atoms with Gasteiger partial charge in [-0.2, -0.15) is 5.26 Å². The number of hydrogen-bond donors (Lipinski definition) is 1. The van der Waals surface area contributed by atoms with Gasteiger partial charge >= 0.3 is 0 Å². The molecule has 2 amide bonds. The second-order valence-corrected chi connectivity index (χ2v) is 6.33. The minimum Gasteiger partial charge on any atom is -0.492 e. The summed E-state index contributed by atoms with van der Waals surface area (Å²) in [6, 6.07) is 16.6. The maximum absolute atomic E-state index is 12.6. The molecule has 0 saturated carbocycles. The third-order valence-corrected chi connectivity index (χ3v) is 4.46. The number of amides is 2. The molecule has 0 bridgehead atoms. The number of nitriles is 1. The molecule has 2 aromatic carbocycles. The summed E-state index contributed by atoms with van der Waals surface area (Å²) in [6.45, 7) is 2.72. The Kier molecular flexibility index (Phi) is 5.72. The van der Waals surface area contributed by atoms with E-state index in [4.69, 9.17) is 10.00 Å². The number of carbonyl (C=O) groups excluding carboxylic acids is 2. The Balaban J connectivity index is 1.68. The third-order valence-electron chi connectivity index (χ3n) is 4.46. The molecule has 138 valence electrons. The summed E-state index contributed by atoms with van der Waals surface area (Å²) >= 11 is 0. The highest BCUT2D eigenvalue weighted by Crippen LogP contribution is 2.33. The third kappa shape index (κ3) is 4.26. The minimum atomic E-state index is -0.425. The van der Waals surface area contributed by atoms with Crippen molar-refractivity contribution >= 4 is 23.2 Å². The average Bonchev–Trinajstić information content (AvgIpc) is 3.06. The first kappa shape index (κ1) is 18.5. The zero-order chi connectivity index (χ0) is 19.2. The Bertz CT molecular complexity index is 871. The topological polar surface area (TPSA) is 82.4 Å². The van der Waals surface area contributed by atoms with Crippen LogP contribution in [-0.2, 0) is 16.0 Å². The Morgan fingerprint density at radius 2 is 2.00 bits per heavy atom. The summed E-state index contributed by atoms with van der Waals surface area (Å²) in [4.78, 5) is 26.7. The fourth-order valence-corrected chi connectivity index (χ4v) is 3.12. The molecule has 0 unspecified atom stereocenters. The van der Waals surface area contributed by atoms with Crippen molar-refractivity contribution in [2.75, 3.05) is 23.4 Å². The zero-order valence-electron chi connectivity index (χ0n) is 15.1. The molecular weight excluding hydrogens is 342 g/mol. The van der Waals surface area contributed by atoms with Crippen LogP contribution in [0.15, 0.2) is 48.5 Å². The van der Waals surface area contributed by atoms with Crippen LogP contribution < -0.4 is 15.0 Å². The number of ether oxygens (including phenoxy) is 1. The van der Waals surface area contributed by atoms with Crippen LogP contribution in [0.4, 0.5) is 11.4 Å². The van der Waals surface area contributed by atoms with Gasteiger partial charge < -0.3 is 15.0 Å². The molecule has 1 atom stereocenters. The zero-order valence-corrected chi connectivity index (χ0v) is 15.1. The van der Waals surface area contributed by atoms with E-state index in [-0.39, 0.29) is 18.2 Å². The van der Waals surface area contributed by atoms with Gasteiger partial charge in [0.15, 0.2) is 0 Å². The highest BCUT2D eigenvalue weighted by atomic mass is 16.5. The molecule has 1 N–H and O–H groups in total. The molecule has 6 nitrogen and oxygen atoms in total. The molecule has 0 aromatic heterocycles. The van der Waals surface area contributed by atoms with Crippen LogP contribution >= 0.6 is 0 Å². The molecule has 1 aliphatic rings. The first-order valence-corrected chi connectivity index (χ1v) is 8.91. The summed E-state index contributed by atoms with van der Waals surface area (Å²) in [6.07, 6.45) is 0.498. The van der Waals surface area contributed by atoms with Crippen molar-refractivity contribution in [3.05, 3.63) is 54.1 Å². The SMILES string of the molecule is CCOc1ccccc1N1C[C@H](C(=O)Nc2ccc(CC#N)cc2)CC1=O. The molecule has 1 saturated heterocycles. The predicted molar refractivity (Wildman–Crippen MR) is 102 cm³/mol. The summed E-state index contributed by atoms with van der Waals surface area (Å²) < 4.78 is 5.60. The normalized spacial score (nSPS) is 16.1. The Morgan fingerprint density at radius 1 is 1.26 bits per heavy atom. The van der Waals surface area contributed by atoms with Crippen molar-refractivity contribution in [1.29, 1.82) is 5.26 Å². The van der Waals surface area contributed by atoms with Crippen LogP contribution in [0, 0.1) is 17.2 Å². The van der Waals surface area contributed by atoms with E-state index in [0.717, 1.165) is 5.56 Å². The number of hydrogen-bond acceptors (Lipinski definition) is 4. The standard InChI is InChI=1S/C21H21N3O3/c1-2-27-19-6-4-3-5-18(19)24-14-16(13-20(24)25)21(26)23-17-9-7-15(8-10-17)11-12-22/h3-10,16H,2,11,13-14H2,1H3,(H,23,26)/t16-/m1/s1. The molecule has 1 fully saturated rings. The first-order valence-electron chi connectivity index (χ1n) is 8.91. The lowest BCUT2D eigenvalue weighted by atomic mass is 10.1. The lowest BCUT2D eigenvalue weighted by Gasteiger charge is -2.20. The minimum absolute atomic E-state index is 0.0910. The van der Waals surface area contributed by atoms with Gasteiger partial charge in [-0.1, -0.05) is 24.3 Å². The highest BCUT2D eigenvalue weighted by Gasteiger charge is 2.36. The fourth-order valence-electron chi connectivity index (χ4n) is 3.12. The van der Waals surface area contributed by atoms with Crippen molar-refractivity contribution in [2.24, 2.45) is 5.92 Å². The molecule has 2 aromatic rings. The molecule has 3 rings (SSSR count). The summed E-state index contributed by atoms with van der Waals surface area (Å²) in [5.41, 5.74) is 2.24. The predicted octanol–water partition coefficient (Wildman–Crippen LogP) is 3.14. The number of nitrogens with zero attached hydrogens (tertiary/aromatic N) is 2. The van der Waals surface area contributed by atoms with E-state index >= 15 is 0 Å². The van der Waals surface area contributed by atoms with E-state index in [9.17, 15) is 9.59 Å². The summed E-state index contributed by atoms with van der Waals surface area (Å²) in [5.74, 6) is -0.0621. The van der Waals surface area contributed by atoms with E-state index in [1.54, 1.807) is 17.0 Å². The Labute approximate surface area is 158 Å². The van der Waals surface area contributed by atoms with Gasteiger partial charge in [-0.3, -0.25) is 9.59 Å². The van der Waals surface area contributed by atoms with E-state index in [0.29, 0.717) is 36.7 Å².